The maximum Gasteiger partial charge on any atom is 0.311 e. The zero-order valence-electron chi connectivity index (χ0n) is 25.6. The van der Waals surface area contributed by atoms with Crippen molar-refractivity contribution in [2.75, 3.05) is 19.6 Å². The van der Waals surface area contributed by atoms with E-state index in [0.29, 0.717) is 18.4 Å². The maximum atomic E-state index is 13.4. The summed E-state index contributed by atoms with van der Waals surface area (Å²) in [6.07, 6.45) is 2.80. The lowest BCUT2D eigenvalue weighted by atomic mass is 9.51. The summed E-state index contributed by atoms with van der Waals surface area (Å²) in [6.45, 7) is 7.77. The highest BCUT2D eigenvalue weighted by Crippen LogP contribution is 2.59. The fourth-order valence-corrected chi connectivity index (χ4v) is 8.59. The third kappa shape index (κ3) is 5.44. The molecule has 3 aromatic carbocycles. The number of hydrogen-bond acceptors (Lipinski definition) is 4. The topological polar surface area (TPSA) is 89.9 Å². The molecular formula is C36H42Cl2N2O4. The van der Waals surface area contributed by atoms with Gasteiger partial charge in [0.15, 0.2) is 0 Å². The number of rotatable bonds is 9. The molecule has 3 N–H and O–H groups in total. The third-order valence-electron chi connectivity index (χ3n) is 10.9. The van der Waals surface area contributed by atoms with Crippen LogP contribution >= 0.6 is 23.2 Å². The Labute approximate surface area is 270 Å². The van der Waals surface area contributed by atoms with E-state index in [-0.39, 0.29) is 15.5 Å². The van der Waals surface area contributed by atoms with Crippen LogP contribution in [0.5, 0.6) is 0 Å². The van der Waals surface area contributed by atoms with Crippen LogP contribution in [0.25, 0.3) is 0 Å². The van der Waals surface area contributed by atoms with Gasteiger partial charge in [-0.2, -0.15) is 0 Å². The van der Waals surface area contributed by atoms with E-state index in [1.54, 1.807) is 32.0 Å². The van der Waals surface area contributed by atoms with Crippen molar-refractivity contribution in [2.45, 2.75) is 69.9 Å². The van der Waals surface area contributed by atoms with E-state index < -0.39 is 40.8 Å². The number of hydrogen-bond donors (Lipinski definition) is 3. The number of aliphatic carboxylic acids is 2. The smallest absolute Gasteiger partial charge is 0.311 e. The summed E-state index contributed by atoms with van der Waals surface area (Å²) in [5.74, 6) is -3.00. The van der Waals surface area contributed by atoms with Crippen LogP contribution in [0.15, 0.2) is 78.9 Å². The molecule has 3 aromatic rings. The Kier molecular flexibility index (Phi) is 9.48. The molecular weight excluding hydrogens is 595 g/mol. The Bertz CT molecular complexity index is 1440. The third-order valence-corrected chi connectivity index (χ3v) is 11.7. The highest BCUT2D eigenvalue weighted by molar-refractivity contribution is 6.42. The molecule has 5 rings (SSSR count). The number of likely N-dealkylation sites (tertiary alicyclic amines) is 1. The molecule has 0 amide bonds. The van der Waals surface area contributed by atoms with E-state index in [1.807, 2.05) is 6.92 Å². The Balaban J connectivity index is 1.41. The number of benzene rings is 3. The molecule has 0 spiro atoms. The Morgan fingerprint density at radius 3 is 1.93 bits per heavy atom. The number of carboxylic acid groups (broad SMARTS) is 2. The van der Waals surface area contributed by atoms with E-state index in [4.69, 9.17) is 23.2 Å². The molecule has 2 saturated heterocycles. The van der Waals surface area contributed by atoms with E-state index >= 15 is 0 Å². The molecule has 0 aliphatic carbocycles. The highest BCUT2D eigenvalue weighted by Gasteiger charge is 2.65. The summed E-state index contributed by atoms with van der Waals surface area (Å²) in [5, 5.41) is 25.4. The van der Waals surface area contributed by atoms with Crippen LogP contribution < -0.4 is 5.32 Å². The molecule has 2 aliphatic heterocycles. The number of carboxylic acids is 2. The molecule has 5 atom stereocenters. The van der Waals surface area contributed by atoms with Crippen LogP contribution in [0, 0.1) is 10.8 Å². The Morgan fingerprint density at radius 1 is 0.841 bits per heavy atom. The summed E-state index contributed by atoms with van der Waals surface area (Å²) in [7, 11) is 0. The van der Waals surface area contributed by atoms with Crippen molar-refractivity contribution < 1.29 is 19.8 Å². The zero-order chi connectivity index (χ0) is 31.7. The van der Waals surface area contributed by atoms with Crippen molar-refractivity contribution in [3.05, 3.63) is 106 Å². The second-order valence-electron chi connectivity index (χ2n) is 12.9. The van der Waals surface area contributed by atoms with Crippen molar-refractivity contribution in [1.29, 1.82) is 0 Å². The van der Waals surface area contributed by atoms with Crippen LogP contribution in [0.1, 0.15) is 69.1 Å². The van der Waals surface area contributed by atoms with Crippen molar-refractivity contribution in [3.63, 3.8) is 0 Å². The zero-order valence-corrected chi connectivity index (χ0v) is 27.1. The first-order valence-corrected chi connectivity index (χ1v) is 16.2. The SMILES string of the molecule is CC1NC(C)C(CCCN2CCC(c3ccccc3)(c3ccccc3)CC2)(C(=O)O)C(c2cccc(Cl)c2Cl)C1(C)C(=O)O. The minimum atomic E-state index is -1.45. The Morgan fingerprint density at radius 2 is 1.41 bits per heavy atom. The monoisotopic (exact) mass is 636 g/mol. The molecule has 44 heavy (non-hydrogen) atoms. The summed E-state index contributed by atoms with van der Waals surface area (Å²) in [4.78, 5) is 28.8. The average molecular weight is 638 g/mol. The summed E-state index contributed by atoms with van der Waals surface area (Å²) >= 11 is 13.1. The minimum Gasteiger partial charge on any atom is -0.481 e. The number of halogens is 2. The van der Waals surface area contributed by atoms with Crippen molar-refractivity contribution in [2.24, 2.45) is 10.8 Å². The van der Waals surface area contributed by atoms with Crippen LogP contribution in [-0.4, -0.2) is 58.8 Å². The lowest BCUT2D eigenvalue weighted by molar-refractivity contribution is -0.171. The van der Waals surface area contributed by atoms with Gasteiger partial charge in [-0.3, -0.25) is 9.59 Å². The lowest BCUT2D eigenvalue weighted by Crippen LogP contribution is -2.68. The van der Waals surface area contributed by atoms with Crippen molar-refractivity contribution >= 4 is 35.1 Å². The molecule has 8 heteroatoms. The molecule has 0 aromatic heterocycles. The van der Waals surface area contributed by atoms with Crippen LogP contribution in [0.3, 0.4) is 0 Å². The fraction of sp³-hybridized carbons (Fsp3) is 0.444. The largest absolute Gasteiger partial charge is 0.481 e. The standard InChI is InChI=1S/C36H42Cl2N2O4/c1-24-34(3,32(41)42)31(28-16-10-17-29(37)30(28)38)36(33(43)44,25(2)39-24)18-11-21-40-22-19-35(20-23-40,26-12-6-4-7-13-26)27-14-8-5-9-15-27/h4-10,12-17,24-25,31,39H,11,18-23H2,1-3H3,(H,41,42)(H,43,44). The Hall–Kier alpha value is -2.90. The minimum absolute atomic E-state index is 0.0724. The molecule has 5 unspecified atom stereocenters. The highest BCUT2D eigenvalue weighted by atomic mass is 35.5. The molecule has 0 bridgehead atoms. The van der Waals surface area contributed by atoms with Gasteiger partial charge in [-0.15, -0.1) is 0 Å². The predicted octanol–water partition coefficient (Wildman–Crippen LogP) is 7.48. The van der Waals surface area contributed by atoms with E-state index in [0.717, 1.165) is 32.5 Å². The lowest BCUT2D eigenvalue weighted by Gasteiger charge is -2.56. The van der Waals surface area contributed by atoms with Gasteiger partial charge in [-0.25, -0.2) is 0 Å². The number of nitrogens with one attached hydrogen (secondary N) is 1. The molecule has 0 saturated carbocycles. The maximum absolute atomic E-state index is 13.4. The van der Waals surface area contributed by atoms with Gasteiger partial charge in [0.1, 0.15) is 0 Å². The first kappa shape index (κ1) is 32.5. The predicted molar refractivity (Wildman–Crippen MR) is 176 cm³/mol. The average Bonchev–Trinajstić information content (AvgIpc) is 3.02. The van der Waals surface area contributed by atoms with Crippen LogP contribution in [0.2, 0.25) is 10.0 Å². The van der Waals surface area contributed by atoms with E-state index in [1.165, 1.54) is 11.1 Å². The number of carbonyl (C=O) groups is 2. The number of nitrogens with zero attached hydrogens (tertiary/aromatic N) is 1. The molecule has 2 heterocycles. The van der Waals surface area contributed by atoms with Gasteiger partial charge in [-0.05, 0) is 88.8 Å². The van der Waals surface area contributed by atoms with Crippen molar-refractivity contribution in [3.8, 4) is 0 Å². The van der Waals surface area contributed by atoms with Crippen molar-refractivity contribution in [1.82, 2.24) is 10.2 Å². The fourth-order valence-electron chi connectivity index (χ4n) is 8.17. The summed E-state index contributed by atoms with van der Waals surface area (Å²) < 4.78 is 0. The summed E-state index contributed by atoms with van der Waals surface area (Å²) in [6, 6.07) is 25.5. The molecule has 2 fully saturated rings. The first-order chi connectivity index (χ1) is 21.0. The molecule has 234 valence electrons. The van der Waals surface area contributed by atoms with Gasteiger partial charge < -0.3 is 20.4 Å². The van der Waals surface area contributed by atoms with Gasteiger partial charge in [0.25, 0.3) is 0 Å². The van der Waals surface area contributed by atoms with Gasteiger partial charge >= 0.3 is 11.9 Å². The summed E-state index contributed by atoms with van der Waals surface area (Å²) in [5.41, 5.74) is 0.163. The van der Waals surface area contributed by atoms with Crippen LogP contribution in [-0.2, 0) is 15.0 Å². The van der Waals surface area contributed by atoms with Gasteiger partial charge in [0, 0.05) is 23.4 Å². The molecule has 0 radical (unpaired) electrons. The van der Waals surface area contributed by atoms with Gasteiger partial charge in [0.2, 0.25) is 0 Å². The number of piperidine rings is 2. The van der Waals surface area contributed by atoms with E-state index in [2.05, 4.69) is 70.9 Å². The van der Waals surface area contributed by atoms with Crippen LogP contribution in [0.4, 0.5) is 0 Å². The van der Waals surface area contributed by atoms with Gasteiger partial charge in [-0.1, -0.05) is 96.0 Å². The van der Waals surface area contributed by atoms with E-state index in [9.17, 15) is 19.8 Å². The normalized spacial score (nSPS) is 28.8. The second kappa shape index (κ2) is 12.8. The first-order valence-electron chi connectivity index (χ1n) is 15.5. The second-order valence-corrected chi connectivity index (χ2v) is 13.7. The quantitative estimate of drug-likeness (QED) is 0.226. The molecule has 6 nitrogen and oxygen atoms in total. The van der Waals surface area contributed by atoms with Gasteiger partial charge in [0.05, 0.1) is 20.9 Å². The molecule has 2 aliphatic rings.